The summed E-state index contributed by atoms with van der Waals surface area (Å²) in [5, 5.41) is 6.52. The highest BCUT2D eigenvalue weighted by molar-refractivity contribution is 7.26. The fourth-order valence-corrected chi connectivity index (χ4v) is 6.14. The molecule has 5 rings (SSSR count). The maximum absolute atomic E-state index is 3.71. The molecule has 1 heterocycles. The predicted molar refractivity (Wildman–Crippen MR) is 124 cm³/mol. The van der Waals surface area contributed by atoms with E-state index >= 15 is 0 Å². The van der Waals surface area contributed by atoms with Gasteiger partial charge in [0.2, 0.25) is 0 Å². The first-order valence-corrected chi connectivity index (χ1v) is 11.3. The molecular formula is C26H27NS. The zero-order chi connectivity index (χ0) is 19.1. The molecule has 1 saturated carbocycles. The summed E-state index contributed by atoms with van der Waals surface area (Å²) in [4.78, 5) is 0. The van der Waals surface area contributed by atoms with Gasteiger partial charge in [0, 0.05) is 21.2 Å². The Kier molecular flexibility index (Phi) is 4.60. The normalized spacial score (nSPS) is 15.4. The van der Waals surface area contributed by atoms with Crippen LogP contribution < -0.4 is 5.32 Å². The number of hydrogen-bond acceptors (Lipinski definition) is 2. The molecule has 0 radical (unpaired) electrons. The summed E-state index contributed by atoms with van der Waals surface area (Å²) in [5.41, 5.74) is 6.60. The van der Waals surface area contributed by atoms with E-state index in [1.807, 2.05) is 11.3 Å². The van der Waals surface area contributed by atoms with Crippen molar-refractivity contribution < 1.29 is 0 Å². The topological polar surface area (TPSA) is 12.0 Å². The van der Waals surface area contributed by atoms with E-state index in [2.05, 4.69) is 73.8 Å². The highest BCUT2D eigenvalue weighted by Gasteiger charge is 2.20. The largest absolute Gasteiger partial charge is 0.354 e. The third-order valence-corrected chi connectivity index (χ3v) is 7.55. The molecule has 142 valence electrons. The lowest BCUT2D eigenvalue weighted by Gasteiger charge is -2.22. The van der Waals surface area contributed by atoms with Gasteiger partial charge in [0.25, 0.3) is 0 Å². The summed E-state index contributed by atoms with van der Waals surface area (Å²) >= 11 is 1.97. The first kappa shape index (κ1) is 17.8. The van der Waals surface area contributed by atoms with Crippen molar-refractivity contribution in [1.82, 2.24) is 0 Å². The summed E-state index contributed by atoms with van der Waals surface area (Å²) < 4.78 is 2.88. The number of fused-ring (bicyclic) bond motifs is 3. The van der Waals surface area contributed by atoms with Crippen molar-refractivity contribution in [3.05, 3.63) is 71.3 Å². The van der Waals surface area contributed by atoms with Crippen LogP contribution in [0.1, 0.15) is 54.7 Å². The molecule has 1 nitrogen and oxygen atoms in total. The van der Waals surface area contributed by atoms with E-state index in [1.165, 1.54) is 74.8 Å². The van der Waals surface area contributed by atoms with Crippen LogP contribution in [0.25, 0.3) is 20.2 Å². The van der Waals surface area contributed by atoms with Gasteiger partial charge >= 0.3 is 0 Å². The van der Waals surface area contributed by atoms with Gasteiger partial charge in [-0.25, -0.2) is 0 Å². The zero-order valence-corrected chi connectivity index (χ0v) is 17.5. The van der Waals surface area contributed by atoms with Gasteiger partial charge in [-0.2, -0.15) is 0 Å². The smallest absolute Gasteiger partial charge is 0.0590 e. The second kappa shape index (κ2) is 7.25. The SMILES string of the molecule is Cc1ccc(Nc2cccc3c2sc2c(C4CCCCC4)cccc23)c(C)c1. The number of anilines is 2. The Morgan fingerprint density at radius 3 is 2.32 bits per heavy atom. The van der Waals surface area contributed by atoms with Gasteiger partial charge in [0.1, 0.15) is 0 Å². The Balaban J connectivity index is 1.63. The zero-order valence-electron chi connectivity index (χ0n) is 16.7. The lowest BCUT2D eigenvalue weighted by molar-refractivity contribution is 0.446. The molecule has 1 fully saturated rings. The molecule has 0 atom stereocenters. The van der Waals surface area contributed by atoms with Crippen LogP contribution in [0.15, 0.2) is 54.6 Å². The number of thiophene rings is 1. The van der Waals surface area contributed by atoms with Crippen molar-refractivity contribution in [3.63, 3.8) is 0 Å². The summed E-state index contributed by atoms with van der Waals surface area (Å²) in [7, 11) is 0. The van der Waals surface area contributed by atoms with Gasteiger partial charge in [-0.15, -0.1) is 11.3 Å². The van der Waals surface area contributed by atoms with Crippen LogP contribution in [-0.4, -0.2) is 0 Å². The maximum Gasteiger partial charge on any atom is 0.0590 e. The highest BCUT2D eigenvalue weighted by Crippen LogP contribution is 2.44. The first-order chi connectivity index (χ1) is 13.7. The summed E-state index contributed by atoms with van der Waals surface area (Å²) in [6.45, 7) is 4.33. The second-order valence-corrected chi connectivity index (χ2v) is 9.31. The van der Waals surface area contributed by atoms with Gasteiger partial charge < -0.3 is 5.32 Å². The fraction of sp³-hybridized carbons (Fsp3) is 0.308. The van der Waals surface area contributed by atoms with Crippen LogP contribution in [0.5, 0.6) is 0 Å². The molecule has 4 aromatic rings. The van der Waals surface area contributed by atoms with E-state index in [0.717, 1.165) is 5.92 Å². The minimum atomic E-state index is 0.737. The molecular weight excluding hydrogens is 358 g/mol. The van der Waals surface area contributed by atoms with Crippen molar-refractivity contribution >= 4 is 42.9 Å². The Morgan fingerprint density at radius 1 is 0.786 bits per heavy atom. The second-order valence-electron chi connectivity index (χ2n) is 8.29. The minimum Gasteiger partial charge on any atom is -0.354 e. The fourth-order valence-electron chi connectivity index (χ4n) is 4.77. The van der Waals surface area contributed by atoms with Crippen molar-refractivity contribution in [2.45, 2.75) is 51.9 Å². The lowest BCUT2D eigenvalue weighted by atomic mass is 9.84. The highest BCUT2D eigenvalue weighted by atomic mass is 32.1. The predicted octanol–water partition coefficient (Wildman–Crippen LogP) is 8.46. The molecule has 0 saturated heterocycles. The average molecular weight is 386 g/mol. The quantitative estimate of drug-likeness (QED) is 0.373. The first-order valence-electron chi connectivity index (χ1n) is 10.5. The molecule has 1 aliphatic carbocycles. The third-order valence-electron chi connectivity index (χ3n) is 6.25. The van der Waals surface area contributed by atoms with Gasteiger partial charge in [0.15, 0.2) is 0 Å². The monoisotopic (exact) mass is 385 g/mol. The van der Waals surface area contributed by atoms with E-state index in [-0.39, 0.29) is 0 Å². The van der Waals surface area contributed by atoms with Crippen LogP contribution in [-0.2, 0) is 0 Å². The molecule has 0 unspecified atom stereocenters. The van der Waals surface area contributed by atoms with Crippen LogP contribution >= 0.6 is 11.3 Å². The van der Waals surface area contributed by atoms with E-state index < -0.39 is 0 Å². The number of nitrogens with one attached hydrogen (secondary N) is 1. The lowest BCUT2D eigenvalue weighted by Crippen LogP contribution is -2.04. The maximum atomic E-state index is 3.71. The molecule has 1 aliphatic rings. The Bertz CT molecular complexity index is 1150. The molecule has 2 heteroatoms. The molecule has 1 N–H and O–H groups in total. The summed E-state index contributed by atoms with van der Waals surface area (Å²) in [6, 6.07) is 20.3. The van der Waals surface area contributed by atoms with Crippen molar-refractivity contribution in [1.29, 1.82) is 0 Å². The van der Waals surface area contributed by atoms with Crippen LogP contribution in [0.2, 0.25) is 0 Å². The summed E-state index contributed by atoms with van der Waals surface area (Å²) in [6.07, 6.45) is 6.86. The van der Waals surface area contributed by atoms with Gasteiger partial charge in [0.05, 0.1) is 10.4 Å². The molecule has 1 aromatic heterocycles. The van der Waals surface area contributed by atoms with Gasteiger partial charge in [-0.1, -0.05) is 67.3 Å². The molecule has 0 bridgehead atoms. The number of aryl methyl sites for hydroxylation is 2. The van der Waals surface area contributed by atoms with E-state index in [1.54, 1.807) is 5.56 Å². The van der Waals surface area contributed by atoms with Crippen molar-refractivity contribution in [3.8, 4) is 0 Å². The van der Waals surface area contributed by atoms with Crippen LogP contribution in [0, 0.1) is 13.8 Å². The molecule has 0 spiro atoms. The standard InChI is InChI=1S/C26H27NS/c1-17-14-15-23(18(2)16-17)27-24-13-7-12-22-21-11-6-10-20(25(21)28-26(22)24)19-8-4-3-5-9-19/h6-7,10-16,19,27H,3-5,8-9H2,1-2H3. The number of rotatable bonds is 3. The van der Waals surface area contributed by atoms with E-state index in [0.29, 0.717) is 0 Å². The van der Waals surface area contributed by atoms with Gasteiger partial charge in [-0.3, -0.25) is 0 Å². The van der Waals surface area contributed by atoms with Gasteiger partial charge in [-0.05, 0) is 55.9 Å². The van der Waals surface area contributed by atoms with Crippen LogP contribution in [0.4, 0.5) is 11.4 Å². The number of benzene rings is 3. The molecule has 0 amide bonds. The van der Waals surface area contributed by atoms with E-state index in [9.17, 15) is 0 Å². The molecule has 3 aromatic carbocycles. The summed E-state index contributed by atoms with van der Waals surface area (Å²) in [5.74, 6) is 0.737. The molecule has 28 heavy (non-hydrogen) atoms. The van der Waals surface area contributed by atoms with E-state index in [4.69, 9.17) is 0 Å². The number of hydrogen-bond donors (Lipinski definition) is 1. The Morgan fingerprint density at radius 2 is 1.54 bits per heavy atom. The van der Waals surface area contributed by atoms with Crippen molar-refractivity contribution in [2.75, 3.05) is 5.32 Å². The third kappa shape index (κ3) is 3.10. The van der Waals surface area contributed by atoms with Crippen LogP contribution in [0.3, 0.4) is 0 Å². The average Bonchev–Trinajstić information content (AvgIpc) is 3.10. The minimum absolute atomic E-state index is 0.737. The Labute approximate surface area is 171 Å². The van der Waals surface area contributed by atoms with Crippen molar-refractivity contribution in [2.24, 2.45) is 0 Å². The molecule has 0 aliphatic heterocycles. The Hall–Kier alpha value is -2.32.